The Labute approximate surface area is 129 Å². The second-order valence-corrected chi connectivity index (χ2v) is 6.68. The molecule has 1 unspecified atom stereocenters. The Bertz CT molecular complexity index is 679. The van der Waals surface area contributed by atoms with Crippen molar-refractivity contribution in [3.05, 3.63) is 24.2 Å². The molecule has 2 N–H and O–H groups in total. The van der Waals surface area contributed by atoms with Crippen LogP contribution in [0.5, 0.6) is 0 Å². The van der Waals surface area contributed by atoms with Crippen LogP contribution >= 0.6 is 0 Å². The first-order valence-corrected chi connectivity index (χ1v) is 7.98. The molecule has 3 heterocycles. The number of hydrogen-bond donors (Lipinski definition) is 1. The van der Waals surface area contributed by atoms with Crippen molar-refractivity contribution in [2.24, 2.45) is 11.7 Å². The molecule has 4 rings (SSSR count). The van der Waals surface area contributed by atoms with Gasteiger partial charge in [0.15, 0.2) is 5.82 Å². The molecule has 0 aromatic carbocycles. The molecular formula is C16H21N5O. The number of hydrogen-bond acceptors (Lipinski definition) is 6. The van der Waals surface area contributed by atoms with Gasteiger partial charge >= 0.3 is 0 Å². The lowest BCUT2D eigenvalue weighted by atomic mass is 9.77. The summed E-state index contributed by atoms with van der Waals surface area (Å²) in [5.74, 6) is 2.86. The van der Waals surface area contributed by atoms with Gasteiger partial charge in [-0.25, -0.2) is 4.98 Å². The predicted molar refractivity (Wildman–Crippen MR) is 83.2 cm³/mol. The first kappa shape index (κ1) is 13.7. The molecule has 1 aliphatic carbocycles. The largest absolute Gasteiger partial charge is 0.356 e. The van der Waals surface area contributed by atoms with E-state index in [1.54, 1.807) is 6.20 Å². The summed E-state index contributed by atoms with van der Waals surface area (Å²) in [6.07, 6.45) is 6.01. The first-order chi connectivity index (χ1) is 10.6. The molecule has 1 aliphatic heterocycles. The highest BCUT2D eigenvalue weighted by Gasteiger charge is 2.39. The van der Waals surface area contributed by atoms with Crippen LogP contribution in [0.3, 0.4) is 0 Å². The van der Waals surface area contributed by atoms with Gasteiger partial charge in [0.1, 0.15) is 5.82 Å². The van der Waals surface area contributed by atoms with Crippen LogP contribution in [0.15, 0.2) is 22.9 Å². The highest BCUT2D eigenvalue weighted by Crippen LogP contribution is 2.37. The standard InChI is InChI=1S/C16H21N5O/c1-11-4-8-21(10-11)13-9-12(3-7-18-13)14-19-15(20-22-14)16(17)5-2-6-16/h3,7,9,11H,2,4-6,8,10,17H2,1H3. The van der Waals surface area contributed by atoms with Crippen LogP contribution in [0.2, 0.25) is 0 Å². The Hall–Kier alpha value is -1.95. The number of nitrogens with zero attached hydrogens (tertiary/aromatic N) is 4. The fourth-order valence-electron chi connectivity index (χ4n) is 3.19. The maximum absolute atomic E-state index is 6.25. The smallest absolute Gasteiger partial charge is 0.258 e. The molecular weight excluding hydrogens is 278 g/mol. The van der Waals surface area contributed by atoms with E-state index in [-0.39, 0.29) is 5.54 Å². The predicted octanol–water partition coefficient (Wildman–Crippen LogP) is 2.32. The average Bonchev–Trinajstić information content (AvgIpc) is 3.14. The van der Waals surface area contributed by atoms with E-state index >= 15 is 0 Å². The number of aromatic nitrogens is 3. The molecule has 2 aromatic rings. The lowest BCUT2D eigenvalue weighted by Crippen LogP contribution is -2.44. The highest BCUT2D eigenvalue weighted by atomic mass is 16.5. The van der Waals surface area contributed by atoms with Crippen LogP contribution in [0.25, 0.3) is 11.5 Å². The van der Waals surface area contributed by atoms with Crippen LogP contribution in [0.1, 0.15) is 38.4 Å². The van der Waals surface area contributed by atoms with Gasteiger partial charge < -0.3 is 15.2 Å². The third-order valence-corrected chi connectivity index (χ3v) is 4.86. The molecule has 6 heteroatoms. The second-order valence-electron chi connectivity index (χ2n) is 6.68. The summed E-state index contributed by atoms with van der Waals surface area (Å²) in [6, 6.07) is 3.93. The van der Waals surface area contributed by atoms with E-state index in [1.165, 1.54) is 6.42 Å². The summed E-state index contributed by atoms with van der Waals surface area (Å²) in [7, 11) is 0. The maximum Gasteiger partial charge on any atom is 0.258 e. The van der Waals surface area contributed by atoms with Gasteiger partial charge in [0.05, 0.1) is 5.54 Å². The summed E-state index contributed by atoms with van der Waals surface area (Å²) < 4.78 is 5.42. The fraction of sp³-hybridized carbons (Fsp3) is 0.562. The van der Waals surface area contributed by atoms with Crippen molar-refractivity contribution < 1.29 is 4.52 Å². The molecule has 2 fully saturated rings. The van der Waals surface area contributed by atoms with E-state index in [4.69, 9.17) is 10.3 Å². The minimum Gasteiger partial charge on any atom is -0.356 e. The Morgan fingerprint density at radius 3 is 2.95 bits per heavy atom. The van der Waals surface area contributed by atoms with Gasteiger partial charge in [-0.15, -0.1) is 0 Å². The van der Waals surface area contributed by atoms with Crippen LogP contribution in [0, 0.1) is 5.92 Å². The molecule has 0 amide bonds. The van der Waals surface area contributed by atoms with Gasteiger partial charge in [0.2, 0.25) is 0 Å². The Morgan fingerprint density at radius 1 is 1.41 bits per heavy atom. The number of pyridine rings is 1. The Morgan fingerprint density at radius 2 is 2.27 bits per heavy atom. The molecule has 2 aliphatic rings. The van der Waals surface area contributed by atoms with Gasteiger partial charge in [-0.3, -0.25) is 0 Å². The fourth-order valence-corrected chi connectivity index (χ4v) is 3.19. The Balaban J connectivity index is 1.60. The normalized spacial score (nSPS) is 23.5. The molecule has 0 bridgehead atoms. The zero-order valence-corrected chi connectivity index (χ0v) is 12.8. The molecule has 0 radical (unpaired) electrons. The second kappa shape index (κ2) is 5.05. The van der Waals surface area contributed by atoms with Crippen molar-refractivity contribution in [1.82, 2.24) is 15.1 Å². The van der Waals surface area contributed by atoms with Gasteiger partial charge in [-0.05, 0) is 43.7 Å². The van der Waals surface area contributed by atoms with Crippen LogP contribution < -0.4 is 10.6 Å². The molecule has 22 heavy (non-hydrogen) atoms. The number of rotatable bonds is 3. The van der Waals surface area contributed by atoms with Gasteiger partial charge in [0, 0.05) is 24.8 Å². The molecule has 1 atom stereocenters. The van der Waals surface area contributed by atoms with Gasteiger partial charge in [-0.2, -0.15) is 4.98 Å². The topological polar surface area (TPSA) is 81.1 Å². The van der Waals surface area contributed by atoms with Crippen LogP contribution in [-0.2, 0) is 5.54 Å². The third kappa shape index (κ3) is 2.27. The first-order valence-electron chi connectivity index (χ1n) is 7.98. The molecule has 1 saturated carbocycles. The summed E-state index contributed by atoms with van der Waals surface area (Å²) in [5, 5.41) is 4.08. The lowest BCUT2D eigenvalue weighted by Gasteiger charge is -2.34. The van der Waals surface area contributed by atoms with E-state index in [1.807, 2.05) is 12.1 Å². The number of nitrogens with two attached hydrogens (primary N) is 1. The average molecular weight is 299 g/mol. The summed E-state index contributed by atoms with van der Waals surface area (Å²) >= 11 is 0. The van der Waals surface area contributed by atoms with Crippen molar-refractivity contribution in [2.45, 2.75) is 38.1 Å². The molecule has 116 valence electrons. The monoisotopic (exact) mass is 299 g/mol. The zero-order chi connectivity index (χ0) is 15.2. The van der Waals surface area contributed by atoms with Crippen molar-refractivity contribution in [3.63, 3.8) is 0 Å². The van der Waals surface area contributed by atoms with E-state index in [0.29, 0.717) is 11.7 Å². The van der Waals surface area contributed by atoms with Gasteiger partial charge in [-0.1, -0.05) is 12.1 Å². The molecule has 0 spiro atoms. The zero-order valence-electron chi connectivity index (χ0n) is 12.8. The highest BCUT2D eigenvalue weighted by molar-refractivity contribution is 5.59. The summed E-state index contributed by atoms with van der Waals surface area (Å²) in [6.45, 7) is 4.38. The van der Waals surface area contributed by atoms with Crippen molar-refractivity contribution in [3.8, 4) is 11.5 Å². The van der Waals surface area contributed by atoms with Crippen LogP contribution in [-0.4, -0.2) is 28.2 Å². The van der Waals surface area contributed by atoms with E-state index in [9.17, 15) is 0 Å². The van der Waals surface area contributed by atoms with Crippen molar-refractivity contribution >= 4 is 5.82 Å². The van der Waals surface area contributed by atoms with Gasteiger partial charge in [0.25, 0.3) is 5.89 Å². The van der Waals surface area contributed by atoms with E-state index in [2.05, 4.69) is 26.9 Å². The summed E-state index contributed by atoms with van der Waals surface area (Å²) in [5.41, 5.74) is 6.78. The van der Waals surface area contributed by atoms with E-state index in [0.717, 1.165) is 49.7 Å². The van der Waals surface area contributed by atoms with Crippen molar-refractivity contribution in [2.75, 3.05) is 18.0 Å². The maximum atomic E-state index is 6.25. The SMILES string of the molecule is CC1CCN(c2cc(-c3nc(C4(N)CCC4)no3)ccn2)C1. The third-order valence-electron chi connectivity index (χ3n) is 4.86. The molecule has 1 saturated heterocycles. The molecule has 6 nitrogen and oxygen atoms in total. The van der Waals surface area contributed by atoms with Crippen LogP contribution in [0.4, 0.5) is 5.82 Å². The lowest BCUT2D eigenvalue weighted by molar-refractivity contribution is 0.229. The minimum absolute atomic E-state index is 0.387. The van der Waals surface area contributed by atoms with E-state index < -0.39 is 0 Å². The summed E-state index contributed by atoms with van der Waals surface area (Å²) in [4.78, 5) is 11.3. The molecule has 2 aromatic heterocycles. The number of anilines is 1. The van der Waals surface area contributed by atoms with Crippen molar-refractivity contribution in [1.29, 1.82) is 0 Å². The quantitative estimate of drug-likeness (QED) is 0.936. The Kier molecular flexibility index (Phi) is 3.14. The minimum atomic E-state index is -0.387.